The quantitative estimate of drug-likeness (QED) is 0.159. The molecule has 0 radical (unpaired) electrons. The van der Waals surface area contributed by atoms with Gasteiger partial charge in [-0.2, -0.15) is 11.8 Å². The largest absolute Gasteiger partial charge is 0.450 e. The lowest BCUT2D eigenvalue weighted by molar-refractivity contribution is -0.140. The summed E-state index contributed by atoms with van der Waals surface area (Å²) in [6.45, 7) is 11.2. The average molecular weight is 540 g/mol. The molecule has 9 nitrogen and oxygen atoms in total. The summed E-state index contributed by atoms with van der Waals surface area (Å²) in [6.07, 6.45) is 7.15. The number of alkyl carbamates (subject to hydrolysis) is 1. The third-order valence-electron chi connectivity index (χ3n) is 7.34. The van der Waals surface area contributed by atoms with Crippen molar-refractivity contribution in [1.82, 2.24) is 15.5 Å². The van der Waals surface area contributed by atoms with E-state index in [9.17, 15) is 14.4 Å². The average Bonchev–Trinajstić information content (AvgIpc) is 3.31. The number of carbonyl (C=O) groups excluding carboxylic acids is 3. The smallest absolute Gasteiger partial charge is 0.407 e. The van der Waals surface area contributed by atoms with Crippen molar-refractivity contribution in [2.24, 2.45) is 23.5 Å². The van der Waals surface area contributed by atoms with Crippen LogP contribution in [0.25, 0.3) is 0 Å². The summed E-state index contributed by atoms with van der Waals surface area (Å²) in [5, 5.41) is 13.9. The van der Waals surface area contributed by atoms with Crippen molar-refractivity contribution in [3.63, 3.8) is 0 Å². The fraction of sp³-hybridized carbons (Fsp3) is 0.852. The van der Waals surface area contributed by atoms with E-state index in [1.165, 1.54) is 24.2 Å². The lowest BCUT2D eigenvalue weighted by atomic mass is 9.89. The van der Waals surface area contributed by atoms with Crippen LogP contribution in [0.3, 0.4) is 0 Å². The van der Waals surface area contributed by atoms with Gasteiger partial charge in [-0.25, -0.2) is 4.79 Å². The molecule has 0 unspecified atom stereocenters. The van der Waals surface area contributed by atoms with E-state index in [1.54, 1.807) is 11.8 Å². The van der Waals surface area contributed by atoms with E-state index in [-0.39, 0.29) is 30.8 Å². The molecular weight excluding hydrogens is 490 g/mol. The van der Waals surface area contributed by atoms with Gasteiger partial charge in [0.2, 0.25) is 11.8 Å². The number of thioether (sulfide) groups is 1. The van der Waals surface area contributed by atoms with E-state index in [0.717, 1.165) is 31.4 Å². The first-order chi connectivity index (χ1) is 17.5. The van der Waals surface area contributed by atoms with Crippen LogP contribution in [-0.4, -0.2) is 70.9 Å². The second-order valence-corrected chi connectivity index (χ2v) is 13.2. The topological polar surface area (TPSA) is 138 Å². The van der Waals surface area contributed by atoms with Gasteiger partial charge in [-0.3, -0.25) is 15.0 Å². The van der Waals surface area contributed by atoms with Gasteiger partial charge in [0.15, 0.2) is 0 Å². The molecule has 0 spiro atoms. The molecule has 0 bridgehead atoms. The normalized spacial score (nSPS) is 21.5. The molecule has 2 fully saturated rings. The summed E-state index contributed by atoms with van der Waals surface area (Å²) in [7, 11) is 0. The molecule has 0 aromatic carbocycles. The van der Waals surface area contributed by atoms with Crippen molar-refractivity contribution in [2.45, 2.75) is 103 Å². The van der Waals surface area contributed by atoms with E-state index < -0.39 is 28.8 Å². The molecule has 1 aliphatic carbocycles. The first-order valence-corrected chi connectivity index (χ1v) is 14.9. The van der Waals surface area contributed by atoms with Crippen LogP contribution < -0.4 is 16.4 Å². The molecule has 212 valence electrons. The standard InChI is InChI=1S/C27H49N5O4S/c1-6-7-13-36-26(35)31-22(27(4,5)37-17-18(2)3)25(34)32-16-20(23(28)29)14-21(32)24(33)30-15-19-11-9-8-10-12-19/h18-22H,6-17H2,1-5H3,(H3,28,29)(H,30,33)(H,31,35)/t20-,21+,22+/m1/s1. The fourth-order valence-corrected chi connectivity index (χ4v) is 6.03. The van der Waals surface area contributed by atoms with Crippen molar-refractivity contribution in [3.05, 3.63) is 0 Å². The Morgan fingerprint density at radius 3 is 2.46 bits per heavy atom. The first kappa shape index (κ1) is 31.2. The summed E-state index contributed by atoms with van der Waals surface area (Å²) in [4.78, 5) is 41.5. The highest BCUT2D eigenvalue weighted by molar-refractivity contribution is 8.00. The summed E-state index contributed by atoms with van der Waals surface area (Å²) in [5.41, 5.74) is 5.82. The maximum atomic E-state index is 14.0. The maximum Gasteiger partial charge on any atom is 0.407 e. The Bertz CT molecular complexity index is 785. The monoisotopic (exact) mass is 539 g/mol. The lowest BCUT2D eigenvalue weighted by Crippen LogP contribution is -2.60. The number of ether oxygens (including phenoxy) is 1. The van der Waals surface area contributed by atoms with Gasteiger partial charge in [-0.15, -0.1) is 0 Å². The molecule has 3 amide bonds. The van der Waals surface area contributed by atoms with Crippen molar-refractivity contribution in [1.29, 1.82) is 5.41 Å². The minimum atomic E-state index is -0.898. The van der Waals surface area contributed by atoms with Crippen molar-refractivity contribution in [3.8, 4) is 0 Å². The fourth-order valence-electron chi connectivity index (χ4n) is 4.94. The molecule has 2 rings (SSSR count). The van der Waals surface area contributed by atoms with Crippen molar-refractivity contribution in [2.75, 3.05) is 25.4 Å². The van der Waals surface area contributed by atoms with Crippen LogP contribution in [0.1, 0.15) is 86.0 Å². The highest BCUT2D eigenvalue weighted by atomic mass is 32.2. The number of nitrogens with one attached hydrogen (secondary N) is 3. The Balaban J connectivity index is 2.22. The van der Waals surface area contributed by atoms with Gasteiger partial charge >= 0.3 is 6.09 Å². The Kier molecular flexibility index (Phi) is 12.5. The Labute approximate surface area is 227 Å². The van der Waals surface area contributed by atoms with Gasteiger partial charge in [0.05, 0.1) is 12.4 Å². The predicted octanol–water partition coefficient (Wildman–Crippen LogP) is 3.90. The van der Waals surface area contributed by atoms with Crippen molar-refractivity contribution < 1.29 is 19.1 Å². The van der Waals surface area contributed by atoms with Gasteiger partial charge in [-0.1, -0.05) is 46.5 Å². The number of likely N-dealkylation sites (tertiary alicyclic amines) is 1. The number of rotatable bonds is 13. The van der Waals surface area contributed by atoms with Crippen LogP contribution in [0.15, 0.2) is 0 Å². The molecule has 2 aliphatic rings. The third kappa shape index (κ3) is 9.69. The second kappa shape index (κ2) is 14.8. The molecule has 1 heterocycles. The van der Waals surface area contributed by atoms with Crippen LogP contribution in [0.5, 0.6) is 0 Å². The zero-order chi connectivity index (χ0) is 27.6. The van der Waals surface area contributed by atoms with Crippen LogP contribution >= 0.6 is 11.8 Å². The zero-order valence-corrected chi connectivity index (χ0v) is 24.3. The summed E-state index contributed by atoms with van der Waals surface area (Å²) in [6, 6.07) is -1.62. The number of amides is 3. The molecule has 10 heteroatoms. The van der Waals surface area contributed by atoms with Crippen LogP contribution in [0, 0.1) is 23.2 Å². The van der Waals surface area contributed by atoms with E-state index in [4.69, 9.17) is 15.9 Å². The second-order valence-electron chi connectivity index (χ2n) is 11.5. The molecule has 37 heavy (non-hydrogen) atoms. The Morgan fingerprint density at radius 1 is 1.19 bits per heavy atom. The van der Waals surface area contributed by atoms with Crippen LogP contribution in [0.4, 0.5) is 4.79 Å². The SMILES string of the molecule is CCCCOC(=O)N[C@@H](C(=O)N1C[C@H](C(=N)N)C[C@H]1C(=O)NCC1CCCCC1)C(C)(C)SCC(C)C. The zero-order valence-electron chi connectivity index (χ0n) is 23.4. The molecular formula is C27H49N5O4S. The van der Waals surface area contributed by atoms with Gasteiger partial charge in [0.25, 0.3) is 0 Å². The summed E-state index contributed by atoms with van der Waals surface area (Å²) >= 11 is 1.61. The highest BCUT2D eigenvalue weighted by Crippen LogP contribution is 2.33. The maximum absolute atomic E-state index is 14.0. The van der Waals surface area contributed by atoms with Gasteiger partial charge in [0, 0.05) is 23.8 Å². The summed E-state index contributed by atoms with van der Waals surface area (Å²) in [5.74, 6) is 0.712. The Hall–Kier alpha value is -1.97. The number of hydrogen-bond donors (Lipinski definition) is 4. The number of nitrogens with zero attached hydrogens (tertiary/aromatic N) is 1. The molecule has 1 saturated heterocycles. The molecule has 0 aromatic heterocycles. The number of carbonyl (C=O) groups is 3. The molecule has 1 saturated carbocycles. The summed E-state index contributed by atoms with van der Waals surface area (Å²) < 4.78 is 4.67. The van der Waals surface area contributed by atoms with Gasteiger partial charge < -0.3 is 26.0 Å². The molecule has 1 aliphatic heterocycles. The number of nitrogens with two attached hydrogens (primary N) is 1. The lowest BCUT2D eigenvalue weighted by Gasteiger charge is -2.37. The van der Waals surface area contributed by atoms with Crippen LogP contribution in [0.2, 0.25) is 0 Å². The number of unbranched alkanes of at least 4 members (excludes halogenated alkanes) is 1. The highest BCUT2D eigenvalue weighted by Gasteiger charge is 2.47. The molecule has 5 N–H and O–H groups in total. The first-order valence-electron chi connectivity index (χ1n) is 14.0. The van der Waals surface area contributed by atoms with Gasteiger partial charge in [0.1, 0.15) is 12.1 Å². The number of amidine groups is 1. The van der Waals surface area contributed by atoms with Crippen molar-refractivity contribution >= 4 is 35.5 Å². The predicted molar refractivity (Wildman–Crippen MR) is 150 cm³/mol. The van der Waals surface area contributed by atoms with E-state index in [1.807, 2.05) is 20.8 Å². The number of hydrogen-bond acceptors (Lipinski definition) is 6. The molecule has 0 aromatic rings. The minimum Gasteiger partial charge on any atom is -0.450 e. The van der Waals surface area contributed by atoms with E-state index >= 15 is 0 Å². The van der Waals surface area contributed by atoms with Crippen LogP contribution in [-0.2, 0) is 14.3 Å². The Morgan fingerprint density at radius 2 is 1.86 bits per heavy atom. The third-order valence-corrected chi connectivity index (χ3v) is 9.15. The molecule has 3 atom stereocenters. The van der Waals surface area contributed by atoms with E-state index in [2.05, 4.69) is 24.5 Å². The van der Waals surface area contributed by atoms with Gasteiger partial charge in [-0.05, 0) is 57.1 Å². The van der Waals surface area contributed by atoms with E-state index in [0.29, 0.717) is 24.8 Å². The minimum absolute atomic E-state index is 0.0303.